The van der Waals surface area contributed by atoms with Gasteiger partial charge in [0.2, 0.25) is 11.7 Å². The van der Waals surface area contributed by atoms with Gasteiger partial charge < -0.3 is 14.0 Å². The molecule has 0 saturated heterocycles. The predicted molar refractivity (Wildman–Crippen MR) is 69.8 cm³/mol. The van der Waals surface area contributed by atoms with E-state index in [9.17, 15) is 0 Å². The number of hydrogen-bond acceptors (Lipinski definition) is 5. The van der Waals surface area contributed by atoms with Crippen molar-refractivity contribution in [1.82, 2.24) is 10.1 Å². The Morgan fingerprint density at radius 2 is 2.05 bits per heavy atom. The first-order chi connectivity index (χ1) is 9.22. The Morgan fingerprint density at radius 3 is 2.68 bits per heavy atom. The summed E-state index contributed by atoms with van der Waals surface area (Å²) >= 11 is 6.15. The molecule has 3 rings (SSSR count). The topological polar surface area (TPSA) is 57.4 Å². The van der Waals surface area contributed by atoms with Crippen LogP contribution in [0.1, 0.15) is 24.7 Å². The summed E-state index contributed by atoms with van der Waals surface area (Å²) in [7, 11) is 3.10. The van der Waals surface area contributed by atoms with E-state index in [2.05, 4.69) is 10.1 Å². The molecule has 1 aromatic carbocycles. The van der Waals surface area contributed by atoms with Crippen molar-refractivity contribution in [1.29, 1.82) is 0 Å². The number of aromatic nitrogens is 2. The van der Waals surface area contributed by atoms with Gasteiger partial charge in [0, 0.05) is 11.5 Å². The molecule has 0 radical (unpaired) electrons. The number of methoxy groups -OCH3 is 2. The van der Waals surface area contributed by atoms with Crippen LogP contribution in [-0.4, -0.2) is 24.4 Å². The first kappa shape index (κ1) is 12.3. The highest BCUT2D eigenvalue weighted by molar-refractivity contribution is 6.32. The van der Waals surface area contributed by atoms with Crippen LogP contribution in [-0.2, 0) is 0 Å². The zero-order chi connectivity index (χ0) is 13.4. The molecule has 2 aromatic rings. The largest absolute Gasteiger partial charge is 0.493 e. The standard InChI is InChI=1S/C13H13ClN2O3/c1-17-10-6-8(5-9(14)11(10)18-2)12-15-13(19-16-12)7-3-4-7/h5-7H,3-4H2,1-2H3. The molecule has 19 heavy (non-hydrogen) atoms. The van der Waals surface area contributed by atoms with Gasteiger partial charge in [-0.15, -0.1) is 0 Å². The normalized spacial score (nSPS) is 14.5. The van der Waals surface area contributed by atoms with Crippen LogP contribution in [0, 0.1) is 0 Å². The van der Waals surface area contributed by atoms with E-state index in [1.54, 1.807) is 26.4 Å². The molecule has 1 aromatic heterocycles. The lowest BCUT2D eigenvalue weighted by atomic mass is 10.2. The smallest absolute Gasteiger partial charge is 0.230 e. The van der Waals surface area contributed by atoms with Crippen molar-refractivity contribution < 1.29 is 14.0 Å². The van der Waals surface area contributed by atoms with Crippen molar-refractivity contribution in [3.8, 4) is 22.9 Å². The van der Waals surface area contributed by atoms with E-state index in [1.807, 2.05) is 0 Å². The number of benzene rings is 1. The highest BCUT2D eigenvalue weighted by atomic mass is 35.5. The van der Waals surface area contributed by atoms with Crippen molar-refractivity contribution in [2.75, 3.05) is 14.2 Å². The molecule has 1 fully saturated rings. The van der Waals surface area contributed by atoms with Crippen LogP contribution in [0.3, 0.4) is 0 Å². The summed E-state index contributed by atoms with van der Waals surface area (Å²) in [4.78, 5) is 4.38. The van der Waals surface area contributed by atoms with E-state index in [1.165, 1.54) is 0 Å². The Labute approximate surface area is 115 Å². The molecule has 0 bridgehead atoms. The maximum Gasteiger partial charge on any atom is 0.230 e. The maximum atomic E-state index is 6.15. The lowest BCUT2D eigenvalue weighted by molar-refractivity contribution is 0.355. The second-order valence-electron chi connectivity index (χ2n) is 4.42. The summed E-state index contributed by atoms with van der Waals surface area (Å²) in [5.41, 5.74) is 0.748. The number of halogens is 1. The van der Waals surface area contributed by atoms with Gasteiger partial charge in [-0.2, -0.15) is 4.98 Å². The monoisotopic (exact) mass is 280 g/mol. The molecule has 1 heterocycles. The molecule has 0 unspecified atom stereocenters. The van der Waals surface area contributed by atoms with Gasteiger partial charge in [-0.25, -0.2) is 0 Å². The number of nitrogens with zero attached hydrogens (tertiary/aromatic N) is 2. The van der Waals surface area contributed by atoms with Crippen LogP contribution in [0.4, 0.5) is 0 Å². The third kappa shape index (κ3) is 2.26. The first-order valence-electron chi connectivity index (χ1n) is 5.98. The van der Waals surface area contributed by atoms with Gasteiger partial charge in [0.05, 0.1) is 19.2 Å². The van der Waals surface area contributed by atoms with Crippen molar-refractivity contribution in [3.63, 3.8) is 0 Å². The highest BCUT2D eigenvalue weighted by Crippen LogP contribution is 2.41. The van der Waals surface area contributed by atoms with Gasteiger partial charge in [0.1, 0.15) is 0 Å². The second-order valence-corrected chi connectivity index (χ2v) is 4.83. The van der Waals surface area contributed by atoms with E-state index in [0.717, 1.165) is 18.4 Å². The Morgan fingerprint density at radius 1 is 1.26 bits per heavy atom. The van der Waals surface area contributed by atoms with E-state index >= 15 is 0 Å². The molecule has 0 N–H and O–H groups in total. The van der Waals surface area contributed by atoms with Crippen molar-refractivity contribution in [3.05, 3.63) is 23.0 Å². The van der Waals surface area contributed by atoms with Gasteiger partial charge in [0.15, 0.2) is 11.5 Å². The number of hydrogen-bond donors (Lipinski definition) is 0. The first-order valence-corrected chi connectivity index (χ1v) is 6.36. The maximum absolute atomic E-state index is 6.15. The average molecular weight is 281 g/mol. The summed E-state index contributed by atoms with van der Waals surface area (Å²) in [5, 5.41) is 4.43. The fraction of sp³-hybridized carbons (Fsp3) is 0.385. The summed E-state index contributed by atoms with van der Waals surface area (Å²) in [6, 6.07) is 3.52. The molecule has 0 atom stereocenters. The van der Waals surface area contributed by atoms with E-state index in [4.69, 9.17) is 25.6 Å². The molecule has 6 heteroatoms. The van der Waals surface area contributed by atoms with Crippen LogP contribution in [0.2, 0.25) is 5.02 Å². The summed E-state index contributed by atoms with van der Waals surface area (Å²) < 4.78 is 15.7. The van der Waals surface area contributed by atoms with Gasteiger partial charge in [-0.05, 0) is 25.0 Å². The van der Waals surface area contributed by atoms with Crippen LogP contribution in [0.5, 0.6) is 11.5 Å². The van der Waals surface area contributed by atoms with E-state index in [0.29, 0.717) is 34.2 Å². The van der Waals surface area contributed by atoms with Crippen molar-refractivity contribution >= 4 is 11.6 Å². The average Bonchev–Trinajstić information content (AvgIpc) is 3.15. The zero-order valence-electron chi connectivity index (χ0n) is 10.6. The molecular formula is C13H13ClN2O3. The molecule has 1 aliphatic rings. The van der Waals surface area contributed by atoms with Crippen LogP contribution < -0.4 is 9.47 Å². The highest BCUT2D eigenvalue weighted by Gasteiger charge is 2.30. The second kappa shape index (κ2) is 4.74. The van der Waals surface area contributed by atoms with Crippen molar-refractivity contribution in [2.45, 2.75) is 18.8 Å². The molecule has 5 nitrogen and oxygen atoms in total. The number of rotatable bonds is 4. The van der Waals surface area contributed by atoms with Gasteiger partial charge in [0.25, 0.3) is 0 Å². The lowest BCUT2D eigenvalue weighted by Crippen LogP contribution is -1.93. The lowest BCUT2D eigenvalue weighted by Gasteiger charge is -2.10. The fourth-order valence-corrected chi connectivity index (χ4v) is 2.18. The Bertz CT molecular complexity index is 608. The Kier molecular flexibility index (Phi) is 3.06. The minimum absolute atomic E-state index is 0.428. The zero-order valence-corrected chi connectivity index (χ0v) is 11.4. The number of ether oxygens (including phenoxy) is 2. The van der Waals surface area contributed by atoms with E-state index < -0.39 is 0 Å². The molecule has 0 amide bonds. The van der Waals surface area contributed by atoms with Crippen molar-refractivity contribution in [2.24, 2.45) is 0 Å². The van der Waals surface area contributed by atoms with Gasteiger partial charge in [-0.3, -0.25) is 0 Å². The van der Waals surface area contributed by atoms with Gasteiger partial charge in [-0.1, -0.05) is 16.8 Å². The molecule has 0 aliphatic heterocycles. The minimum atomic E-state index is 0.428. The van der Waals surface area contributed by atoms with Crippen LogP contribution >= 0.6 is 11.6 Å². The van der Waals surface area contributed by atoms with Crippen LogP contribution in [0.15, 0.2) is 16.7 Å². The predicted octanol–water partition coefficient (Wildman–Crippen LogP) is 3.28. The van der Waals surface area contributed by atoms with E-state index in [-0.39, 0.29) is 0 Å². The molecule has 0 spiro atoms. The molecule has 1 saturated carbocycles. The summed E-state index contributed by atoms with van der Waals surface area (Å²) in [6.45, 7) is 0. The SMILES string of the molecule is COc1cc(-c2noc(C3CC3)n2)cc(Cl)c1OC. The minimum Gasteiger partial charge on any atom is -0.493 e. The molecule has 100 valence electrons. The summed E-state index contributed by atoms with van der Waals surface area (Å²) in [5.74, 6) is 2.68. The van der Waals surface area contributed by atoms with Crippen LogP contribution in [0.25, 0.3) is 11.4 Å². The third-order valence-corrected chi connectivity index (χ3v) is 3.34. The summed E-state index contributed by atoms with van der Waals surface area (Å²) in [6.07, 6.45) is 2.24. The van der Waals surface area contributed by atoms with Gasteiger partial charge >= 0.3 is 0 Å². The fourth-order valence-electron chi connectivity index (χ4n) is 1.90. The quantitative estimate of drug-likeness (QED) is 0.860. The molecular weight excluding hydrogens is 268 g/mol. The Hall–Kier alpha value is -1.75. The Balaban J connectivity index is 2.01. The molecule has 1 aliphatic carbocycles. The third-order valence-electron chi connectivity index (χ3n) is 3.06.